The number of nitrogens with one attached hydrogen (secondary N) is 1. The zero-order chi connectivity index (χ0) is 14.5. The molecule has 4 heteroatoms. The summed E-state index contributed by atoms with van der Waals surface area (Å²) >= 11 is 0. The number of hydrogen-bond donors (Lipinski definition) is 2. The van der Waals surface area contributed by atoms with Gasteiger partial charge in [-0.1, -0.05) is 13.0 Å². The van der Waals surface area contributed by atoms with Crippen LogP contribution in [0.15, 0.2) is 18.2 Å². The third-order valence-electron chi connectivity index (χ3n) is 3.32. The third kappa shape index (κ3) is 4.16. The first-order chi connectivity index (χ1) is 8.90. The molecule has 0 heterocycles. The van der Waals surface area contributed by atoms with E-state index < -0.39 is 11.4 Å². The Hall–Kier alpha value is -1.71. The predicted octanol–water partition coefficient (Wildman–Crippen LogP) is 3.17. The molecule has 0 unspecified atom stereocenters. The van der Waals surface area contributed by atoms with Gasteiger partial charge < -0.3 is 15.2 Å². The Morgan fingerprint density at radius 1 is 1.42 bits per heavy atom. The quantitative estimate of drug-likeness (QED) is 0.795. The Morgan fingerprint density at radius 2 is 2.11 bits per heavy atom. The summed E-state index contributed by atoms with van der Waals surface area (Å²) in [5, 5.41) is 12.3. The van der Waals surface area contributed by atoms with E-state index in [1.54, 1.807) is 21.0 Å². The SMILES string of the molecule is CCc1ccc(OC)c(NCCC(C)(C)C(=O)O)c1. The number of carboxylic acid groups (broad SMARTS) is 1. The third-order valence-corrected chi connectivity index (χ3v) is 3.32. The van der Waals surface area contributed by atoms with Crippen LogP contribution in [-0.4, -0.2) is 24.7 Å². The molecule has 2 N–H and O–H groups in total. The Balaban J connectivity index is 2.69. The lowest BCUT2D eigenvalue weighted by Gasteiger charge is -2.20. The number of aryl methyl sites for hydroxylation is 1. The molecular formula is C15H23NO3. The molecule has 4 nitrogen and oxygen atoms in total. The van der Waals surface area contributed by atoms with Gasteiger partial charge in [0.1, 0.15) is 5.75 Å². The van der Waals surface area contributed by atoms with Gasteiger partial charge in [0.25, 0.3) is 0 Å². The molecular weight excluding hydrogens is 242 g/mol. The van der Waals surface area contributed by atoms with E-state index in [-0.39, 0.29) is 0 Å². The summed E-state index contributed by atoms with van der Waals surface area (Å²) in [6, 6.07) is 6.02. The van der Waals surface area contributed by atoms with Gasteiger partial charge in [-0.25, -0.2) is 0 Å². The number of ether oxygens (including phenoxy) is 1. The molecule has 0 radical (unpaired) electrons. The summed E-state index contributed by atoms with van der Waals surface area (Å²) in [6.07, 6.45) is 1.52. The van der Waals surface area contributed by atoms with Gasteiger partial charge in [-0.3, -0.25) is 4.79 Å². The van der Waals surface area contributed by atoms with Gasteiger partial charge >= 0.3 is 5.97 Å². The van der Waals surface area contributed by atoms with Gasteiger partial charge in [0.05, 0.1) is 18.2 Å². The fraction of sp³-hybridized carbons (Fsp3) is 0.533. The summed E-state index contributed by atoms with van der Waals surface area (Å²) in [5.74, 6) is 0.00825. The zero-order valence-electron chi connectivity index (χ0n) is 12.1. The van der Waals surface area contributed by atoms with Crippen LogP contribution in [0.2, 0.25) is 0 Å². The van der Waals surface area contributed by atoms with Crippen molar-refractivity contribution in [2.75, 3.05) is 19.0 Å². The van der Waals surface area contributed by atoms with Gasteiger partial charge in [-0.15, -0.1) is 0 Å². The van der Waals surface area contributed by atoms with E-state index >= 15 is 0 Å². The number of anilines is 1. The minimum absolute atomic E-state index is 0.557. The number of rotatable bonds is 7. The van der Waals surface area contributed by atoms with E-state index in [2.05, 4.69) is 12.2 Å². The van der Waals surface area contributed by atoms with Crippen molar-refractivity contribution in [2.45, 2.75) is 33.6 Å². The van der Waals surface area contributed by atoms with Crippen molar-refractivity contribution in [3.8, 4) is 5.75 Å². The van der Waals surface area contributed by atoms with Crippen molar-refractivity contribution in [3.63, 3.8) is 0 Å². The highest BCUT2D eigenvalue weighted by molar-refractivity contribution is 5.73. The molecule has 0 saturated heterocycles. The largest absolute Gasteiger partial charge is 0.495 e. The molecule has 106 valence electrons. The number of carbonyl (C=O) groups is 1. The van der Waals surface area contributed by atoms with E-state index in [1.807, 2.05) is 18.2 Å². The fourth-order valence-corrected chi connectivity index (χ4v) is 1.73. The van der Waals surface area contributed by atoms with Crippen molar-refractivity contribution in [2.24, 2.45) is 5.41 Å². The lowest BCUT2D eigenvalue weighted by molar-refractivity contribution is -0.147. The monoisotopic (exact) mass is 265 g/mol. The molecule has 0 bridgehead atoms. The molecule has 0 amide bonds. The number of benzene rings is 1. The number of carboxylic acids is 1. The summed E-state index contributed by atoms with van der Waals surface area (Å²) < 4.78 is 5.30. The van der Waals surface area contributed by atoms with Gasteiger partial charge in [-0.2, -0.15) is 0 Å². The standard InChI is InChI=1S/C15H23NO3/c1-5-11-6-7-13(19-4)12(10-11)16-9-8-15(2,3)14(17)18/h6-7,10,16H,5,8-9H2,1-4H3,(H,17,18). The normalized spacial score (nSPS) is 11.2. The Bertz CT molecular complexity index is 441. The van der Waals surface area contributed by atoms with Crippen molar-refractivity contribution in [3.05, 3.63) is 23.8 Å². The molecule has 1 rings (SSSR count). The Labute approximate surface area is 114 Å². The van der Waals surface area contributed by atoms with E-state index in [4.69, 9.17) is 9.84 Å². The summed E-state index contributed by atoms with van der Waals surface area (Å²) in [7, 11) is 1.63. The maximum Gasteiger partial charge on any atom is 0.309 e. The Morgan fingerprint density at radius 3 is 2.63 bits per heavy atom. The van der Waals surface area contributed by atoms with E-state index in [0.717, 1.165) is 17.9 Å². The van der Waals surface area contributed by atoms with Gasteiger partial charge in [0, 0.05) is 6.54 Å². The van der Waals surface area contributed by atoms with Crippen LogP contribution >= 0.6 is 0 Å². The van der Waals surface area contributed by atoms with Crippen molar-refractivity contribution in [1.82, 2.24) is 0 Å². The second kappa shape index (κ2) is 6.45. The van der Waals surface area contributed by atoms with Crippen LogP contribution in [0.1, 0.15) is 32.8 Å². The van der Waals surface area contributed by atoms with Crippen LogP contribution in [0.25, 0.3) is 0 Å². The minimum Gasteiger partial charge on any atom is -0.495 e. The lowest BCUT2D eigenvalue weighted by atomic mass is 9.89. The van der Waals surface area contributed by atoms with Crippen LogP contribution in [0, 0.1) is 5.41 Å². The second-order valence-corrected chi connectivity index (χ2v) is 5.25. The zero-order valence-corrected chi connectivity index (χ0v) is 12.1. The summed E-state index contributed by atoms with van der Waals surface area (Å²) in [5.41, 5.74) is 1.42. The summed E-state index contributed by atoms with van der Waals surface area (Å²) in [6.45, 7) is 6.16. The molecule has 0 aliphatic heterocycles. The van der Waals surface area contributed by atoms with E-state index in [0.29, 0.717) is 13.0 Å². The molecule has 0 fully saturated rings. The summed E-state index contributed by atoms with van der Waals surface area (Å²) in [4.78, 5) is 11.0. The number of aliphatic carboxylic acids is 1. The van der Waals surface area contributed by atoms with E-state index in [9.17, 15) is 4.79 Å². The highest BCUT2D eigenvalue weighted by atomic mass is 16.5. The van der Waals surface area contributed by atoms with Gasteiger partial charge in [0.2, 0.25) is 0 Å². The topological polar surface area (TPSA) is 58.6 Å². The highest BCUT2D eigenvalue weighted by Crippen LogP contribution is 2.27. The first-order valence-corrected chi connectivity index (χ1v) is 6.55. The molecule has 19 heavy (non-hydrogen) atoms. The van der Waals surface area contributed by atoms with Gasteiger partial charge in [0.15, 0.2) is 0 Å². The van der Waals surface area contributed by atoms with Crippen molar-refractivity contribution in [1.29, 1.82) is 0 Å². The maximum atomic E-state index is 11.0. The average molecular weight is 265 g/mol. The predicted molar refractivity (Wildman–Crippen MR) is 76.9 cm³/mol. The van der Waals surface area contributed by atoms with Crippen LogP contribution in [0.5, 0.6) is 5.75 Å². The smallest absolute Gasteiger partial charge is 0.309 e. The Kier molecular flexibility index (Phi) is 5.21. The molecule has 1 aromatic rings. The number of hydrogen-bond acceptors (Lipinski definition) is 3. The molecule has 0 atom stereocenters. The minimum atomic E-state index is -0.774. The van der Waals surface area contributed by atoms with Crippen LogP contribution in [-0.2, 0) is 11.2 Å². The van der Waals surface area contributed by atoms with Crippen LogP contribution in [0.3, 0.4) is 0 Å². The second-order valence-electron chi connectivity index (χ2n) is 5.25. The first-order valence-electron chi connectivity index (χ1n) is 6.55. The van der Waals surface area contributed by atoms with Crippen LogP contribution < -0.4 is 10.1 Å². The molecule has 0 saturated carbocycles. The van der Waals surface area contributed by atoms with Crippen molar-refractivity contribution >= 4 is 11.7 Å². The highest BCUT2D eigenvalue weighted by Gasteiger charge is 2.26. The van der Waals surface area contributed by atoms with Gasteiger partial charge in [-0.05, 0) is 44.4 Å². The van der Waals surface area contributed by atoms with E-state index in [1.165, 1.54) is 5.56 Å². The number of methoxy groups -OCH3 is 1. The molecule has 0 spiro atoms. The fourth-order valence-electron chi connectivity index (χ4n) is 1.73. The lowest BCUT2D eigenvalue weighted by Crippen LogP contribution is -2.26. The maximum absolute atomic E-state index is 11.0. The molecule has 0 aliphatic rings. The van der Waals surface area contributed by atoms with Crippen molar-refractivity contribution < 1.29 is 14.6 Å². The first kappa shape index (κ1) is 15.3. The average Bonchev–Trinajstić information content (AvgIpc) is 2.38. The molecule has 0 aromatic heterocycles. The molecule has 0 aliphatic carbocycles. The molecule has 1 aromatic carbocycles. The van der Waals surface area contributed by atoms with Crippen LogP contribution in [0.4, 0.5) is 5.69 Å².